The Kier molecular flexibility index (Phi) is 4.86. The Hall–Kier alpha value is -1.03. The zero-order valence-corrected chi connectivity index (χ0v) is 12.6. The third-order valence-corrected chi connectivity index (χ3v) is 3.97. The number of alkyl halides is 1. The molecule has 0 bridgehead atoms. The first kappa shape index (κ1) is 14.4. The van der Waals surface area contributed by atoms with Crippen LogP contribution in [0, 0.1) is 0 Å². The van der Waals surface area contributed by atoms with Crippen LogP contribution in [0.4, 0.5) is 5.82 Å². The molecule has 0 amide bonds. The predicted octanol–water partition coefficient (Wildman–Crippen LogP) is 3.25. The van der Waals surface area contributed by atoms with Crippen molar-refractivity contribution in [2.75, 3.05) is 11.9 Å². The molecule has 2 atom stereocenters. The van der Waals surface area contributed by atoms with Gasteiger partial charge in [-0.15, -0.1) is 11.6 Å². The highest BCUT2D eigenvalue weighted by Gasteiger charge is 2.27. The van der Waals surface area contributed by atoms with E-state index in [1.807, 2.05) is 20.9 Å². The molecule has 1 fully saturated rings. The van der Waals surface area contributed by atoms with Crippen LogP contribution in [0.5, 0.6) is 5.88 Å². The van der Waals surface area contributed by atoms with Gasteiger partial charge in [0.1, 0.15) is 0 Å². The molecular weight excluding hydrogens is 262 g/mol. The lowest BCUT2D eigenvalue weighted by Gasteiger charge is -2.35. The number of hydrogen-bond donors (Lipinski definition) is 0. The lowest BCUT2D eigenvalue weighted by molar-refractivity contribution is 0.231. The van der Waals surface area contributed by atoms with Gasteiger partial charge < -0.3 is 9.64 Å². The van der Waals surface area contributed by atoms with E-state index in [2.05, 4.69) is 14.9 Å². The molecule has 1 saturated carbocycles. The van der Waals surface area contributed by atoms with E-state index >= 15 is 0 Å². The fourth-order valence-electron chi connectivity index (χ4n) is 2.48. The molecular formula is C14H22ClN3O. The number of aromatic nitrogens is 2. The molecule has 0 saturated heterocycles. The van der Waals surface area contributed by atoms with E-state index in [0.29, 0.717) is 11.9 Å². The van der Waals surface area contributed by atoms with Crippen molar-refractivity contribution in [1.82, 2.24) is 9.97 Å². The Morgan fingerprint density at radius 1 is 1.32 bits per heavy atom. The largest absolute Gasteiger partial charge is 0.474 e. The number of anilines is 1. The summed E-state index contributed by atoms with van der Waals surface area (Å²) in [6.45, 7) is 3.96. The molecule has 1 aliphatic rings. The van der Waals surface area contributed by atoms with E-state index in [0.717, 1.165) is 18.7 Å². The summed E-state index contributed by atoms with van der Waals surface area (Å²) < 4.78 is 5.59. The number of rotatable bonds is 4. The van der Waals surface area contributed by atoms with E-state index in [1.54, 1.807) is 12.4 Å². The third-order valence-electron chi connectivity index (χ3n) is 3.46. The van der Waals surface area contributed by atoms with Gasteiger partial charge in [-0.05, 0) is 26.7 Å². The summed E-state index contributed by atoms with van der Waals surface area (Å²) >= 11 is 6.43. The highest BCUT2D eigenvalue weighted by Crippen LogP contribution is 2.29. The van der Waals surface area contributed by atoms with Crippen molar-refractivity contribution >= 4 is 17.4 Å². The molecule has 2 unspecified atom stereocenters. The van der Waals surface area contributed by atoms with Gasteiger partial charge in [-0.2, -0.15) is 4.98 Å². The first-order valence-electron chi connectivity index (χ1n) is 6.93. The second-order valence-corrected chi connectivity index (χ2v) is 5.92. The Morgan fingerprint density at radius 2 is 2.05 bits per heavy atom. The molecule has 5 heteroatoms. The quantitative estimate of drug-likeness (QED) is 0.795. The van der Waals surface area contributed by atoms with Crippen LogP contribution >= 0.6 is 11.6 Å². The van der Waals surface area contributed by atoms with Gasteiger partial charge in [-0.1, -0.05) is 12.8 Å². The highest BCUT2D eigenvalue weighted by molar-refractivity contribution is 6.21. The van der Waals surface area contributed by atoms with E-state index in [4.69, 9.17) is 16.3 Å². The second-order valence-electron chi connectivity index (χ2n) is 5.36. The first-order chi connectivity index (χ1) is 9.08. The van der Waals surface area contributed by atoms with Crippen LogP contribution in [0.25, 0.3) is 0 Å². The number of hydrogen-bond acceptors (Lipinski definition) is 4. The molecule has 1 heterocycles. The zero-order valence-electron chi connectivity index (χ0n) is 11.8. The molecule has 1 aromatic rings. The average molecular weight is 284 g/mol. The number of ether oxygens (including phenoxy) is 1. The van der Waals surface area contributed by atoms with Crippen LogP contribution < -0.4 is 9.64 Å². The first-order valence-corrected chi connectivity index (χ1v) is 7.37. The van der Waals surface area contributed by atoms with Crippen LogP contribution in [0.1, 0.15) is 39.5 Å². The minimum absolute atomic E-state index is 0.102. The van der Waals surface area contributed by atoms with Crippen LogP contribution in [0.15, 0.2) is 12.4 Å². The minimum Gasteiger partial charge on any atom is -0.474 e. The van der Waals surface area contributed by atoms with Gasteiger partial charge in [0.15, 0.2) is 5.82 Å². The van der Waals surface area contributed by atoms with Gasteiger partial charge in [-0.25, -0.2) is 0 Å². The molecule has 0 aliphatic heterocycles. The molecule has 2 rings (SSSR count). The second kappa shape index (κ2) is 6.42. The van der Waals surface area contributed by atoms with Crippen LogP contribution in [0.3, 0.4) is 0 Å². The maximum atomic E-state index is 6.43. The molecule has 4 nitrogen and oxygen atoms in total. The van der Waals surface area contributed by atoms with Crippen LogP contribution in [-0.2, 0) is 0 Å². The van der Waals surface area contributed by atoms with Crippen LogP contribution in [-0.4, -0.2) is 34.5 Å². The molecule has 106 valence electrons. The molecule has 0 spiro atoms. The highest BCUT2D eigenvalue weighted by atomic mass is 35.5. The van der Waals surface area contributed by atoms with Gasteiger partial charge in [0, 0.05) is 13.1 Å². The fraction of sp³-hybridized carbons (Fsp3) is 0.714. The maximum absolute atomic E-state index is 6.43. The summed E-state index contributed by atoms with van der Waals surface area (Å²) in [6, 6.07) is 0.332. The normalized spacial score (nSPS) is 23.4. The summed E-state index contributed by atoms with van der Waals surface area (Å²) in [6.07, 6.45) is 8.16. The molecule has 0 N–H and O–H groups in total. The van der Waals surface area contributed by atoms with Crippen molar-refractivity contribution in [3.05, 3.63) is 12.4 Å². The van der Waals surface area contributed by atoms with Gasteiger partial charge in [-0.3, -0.25) is 4.98 Å². The number of halogens is 1. The summed E-state index contributed by atoms with van der Waals surface area (Å²) in [5.74, 6) is 1.40. The molecule has 1 aliphatic carbocycles. The zero-order chi connectivity index (χ0) is 13.8. The molecule has 0 aromatic carbocycles. The fourth-order valence-corrected chi connectivity index (χ4v) is 2.93. The summed E-state index contributed by atoms with van der Waals surface area (Å²) in [4.78, 5) is 10.8. The monoisotopic (exact) mass is 283 g/mol. The minimum atomic E-state index is 0.102. The Morgan fingerprint density at radius 3 is 2.74 bits per heavy atom. The summed E-state index contributed by atoms with van der Waals surface area (Å²) in [5.41, 5.74) is 0. The van der Waals surface area contributed by atoms with E-state index in [-0.39, 0.29) is 11.5 Å². The van der Waals surface area contributed by atoms with E-state index < -0.39 is 0 Å². The van der Waals surface area contributed by atoms with Gasteiger partial charge >= 0.3 is 0 Å². The topological polar surface area (TPSA) is 38.2 Å². The molecule has 0 radical (unpaired) electrons. The Balaban J connectivity index is 2.11. The van der Waals surface area contributed by atoms with Crippen molar-refractivity contribution in [2.45, 2.75) is 57.1 Å². The number of nitrogens with zero attached hydrogens (tertiary/aromatic N) is 3. The Labute approximate surface area is 120 Å². The van der Waals surface area contributed by atoms with Crippen molar-refractivity contribution in [3.8, 4) is 5.88 Å². The van der Waals surface area contributed by atoms with Gasteiger partial charge in [0.05, 0.1) is 23.9 Å². The summed E-state index contributed by atoms with van der Waals surface area (Å²) in [5, 5.41) is 0.190. The van der Waals surface area contributed by atoms with Crippen LogP contribution in [0.2, 0.25) is 0 Å². The lowest BCUT2D eigenvalue weighted by atomic mass is 9.94. The SMILES string of the molecule is CC(C)Oc1cncc(N(C)C2CCCCC2Cl)n1. The summed E-state index contributed by atoms with van der Waals surface area (Å²) in [7, 11) is 2.04. The average Bonchev–Trinajstić information content (AvgIpc) is 2.38. The van der Waals surface area contributed by atoms with Gasteiger partial charge in [0.2, 0.25) is 5.88 Å². The smallest absolute Gasteiger partial charge is 0.234 e. The molecule has 1 aromatic heterocycles. The van der Waals surface area contributed by atoms with Gasteiger partial charge in [0.25, 0.3) is 0 Å². The Bertz CT molecular complexity index is 413. The lowest BCUT2D eigenvalue weighted by Crippen LogP contribution is -2.41. The van der Waals surface area contributed by atoms with E-state index in [1.165, 1.54) is 12.8 Å². The van der Waals surface area contributed by atoms with Crippen molar-refractivity contribution in [2.24, 2.45) is 0 Å². The third kappa shape index (κ3) is 3.72. The molecule has 19 heavy (non-hydrogen) atoms. The van der Waals surface area contributed by atoms with Crippen molar-refractivity contribution < 1.29 is 4.74 Å². The van der Waals surface area contributed by atoms with E-state index in [9.17, 15) is 0 Å². The maximum Gasteiger partial charge on any atom is 0.234 e. The van der Waals surface area contributed by atoms with Crippen molar-refractivity contribution in [1.29, 1.82) is 0 Å². The van der Waals surface area contributed by atoms with Crippen molar-refractivity contribution in [3.63, 3.8) is 0 Å². The predicted molar refractivity (Wildman–Crippen MR) is 78.1 cm³/mol. The standard InChI is InChI=1S/C14H22ClN3O/c1-10(2)19-14-9-16-8-13(17-14)18(3)12-7-5-4-6-11(12)15/h8-12H,4-7H2,1-3H3.